The first-order valence-electron chi connectivity index (χ1n) is 6.41. The highest BCUT2D eigenvalue weighted by molar-refractivity contribution is 6.29. The summed E-state index contributed by atoms with van der Waals surface area (Å²) in [6, 6.07) is 9.95. The number of nitrogens with one attached hydrogen (secondary N) is 2. The molecule has 2 aromatic rings. The third kappa shape index (κ3) is 4.29. The van der Waals surface area contributed by atoms with Gasteiger partial charge in [0.1, 0.15) is 5.15 Å². The normalized spacial score (nSPS) is 10.0. The average Bonchev–Trinajstić information content (AvgIpc) is 2.49. The number of rotatable bonds is 4. The van der Waals surface area contributed by atoms with Crippen LogP contribution in [0.4, 0.5) is 11.4 Å². The van der Waals surface area contributed by atoms with E-state index < -0.39 is 0 Å². The summed E-state index contributed by atoms with van der Waals surface area (Å²) in [6.07, 6.45) is 1.89. The molecule has 1 aromatic heterocycles. The van der Waals surface area contributed by atoms with E-state index >= 15 is 0 Å². The van der Waals surface area contributed by atoms with Crippen LogP contribution in [-0.2, 0) is 4.79 Å². The Bertz CT molecular complexity index is 656. The molecule has 0 aliphatic rings. The summed E-state index contributed by atoms with van der Waals surface area (Å²) < 4.78 is 0. The second-order valence-corrected chi connectivity index (χ2v) is 4.69. The van der Waals surface area contributed by atoms with Gasteiger partial charge in [-0.15, -0.1) is 0 Å². The van der Waals surface area contributed by atoms with E-state index in [4.69, 9.17) is 11.6 Å². The van der Waals surface area contributed by atoms with Crippen molar-refractivity contribution in [2.75, 3.05) is 10.6 Å². The number of pyridine rings is 1. The van der Waals surface area contributed by atoms with Crippen LogP contribution >= 0.6 is 11.6 Å². The number of hydrogen-bond acceptors (Lipinski definition) is 3. The number of hydrogen-bond donors (Lipinski definition) is 2. The molecule has 0 saturated heterocycles. The molecular formula is C15H14ClN3O2. The van der Waals surface area contributed by atoms with Crippen LogP contribution in [0.25, 0.3) is 0 Å². The zero-order valence-corrected chi connectivity index (χ0v) is 12.1. The molecule has 0 saturated carbocycles. The predicted molar refractivity (Wildman–Crippen MR) is 82.6 cm³/mol. The molecule has 0 fully saturated rings. The summed E-state index contributed by atoms with van der Waals surface area (Å²) >= 11 is 5.74. The molecule has 0 atom stereocenters. The van der Waals surface area contributed by atoms with Crippen LogP contribution in [-0.4, -0.2) is 16.8 Å². The maximum absolute atomic E-state index is 12.0. The van der Waals surface area contributed by atoms with Crippen LogP contribution in [0.2, 0.25) is 5.15 Å². The quantitative estimate of drug-likeness (QED) is 0.851. The van der Waals surface area contributed by atoms with Crippen molar-refractivity contribution >= 4 is 34.8 Å². The van der Waals surface area contributed by atoms with Gasteiger partial charge in [0, 0.05) is 29.6 Å². The lowest BCUT2D eigenvalue weighted by Gasteiger charge is -2.07. The number of carbonyl (C=O) groups is 2. The Hall–Kier alpha value is -2.40. The molecule has 0 aliphatic heterocycles. The van der Waals surface area contributed by atoms with Crippen LogP contribution in [0.3, 0.4) is 0 Å². The molecule has 5 nitrogen and oxygen atoms in total. The molecule has 2 rings (SSSR count). The zero-order chi connectivity index (χ0) is 15.2. The van der Waals surface area contributed by atoms with Gasteiger partial charge >= 0.3 is 0 Å². The lowest BCUT2D eigenvalue weighted by Crippen LogP contribution is -2.12. The molecule has 21 heavy (non-hydrogen) atoms. The van der Waals surface area contributed by atoms with Crippen molar-refractivity contribution in [2.24, 2.45) is 0 Å². The van der Waals surface area contributed by atoms with E-state index in [9.17, 15) is 9.59 Å². The summed E-state index contributed by atoms with van der Waals surface area (Å²) in [5.41, 5.74) is 1.74. The van der Waals surface area contributed by atoms with Gasteiger partial charge in [-0.25, -0.2) is 4.98 Å². The van der Waals surface area contributed by atoms with Gasteiger partial charge in [-0.05, 0) is 36.4 Å². The Balaban J connectivity index is 2.03. The van der Waals surface area contributed by atoms with Gasteiger partial charge in [0.15, 0.2) is 0 Å². The minimum absolute atomic E-state index is 0.0572. The van der Waals surface area contributed by atoms with Gasteiger partial charge in [0.05, 0.1) is 0 Å². The number of aromatic nitrogens is 1. The van der Waals surface area contributed by atoms with Crippen molar-refractivity contribution in [3.8, 4) is 0 Å². The number of nitrogens with zero attached hydrogens (tertiary/aromatic N) is 1. The van der Waals surface area contributed by atoms with Gasteiger partial charge in [-0.3, -0.25) is 9.59 Å². The van der Waals surface area contributed by atoms with Gasteiger partial charge in [-0.2, -0.15) is 0 Å². The summed E-state index contributed by atoms with van der Waals surface area (Å²) in [7, 11) is 0. The highest BCUT2D eigenvalue weighted by Crippen LogP contribution is 2.15. The maximum atomic E-state index is 12.0. The molecule has 2 amide bonds. The molecule has 108 valence electrons. The van der Waals surface area contributed by atoms with E-state index in [0.29, 0.717) is 23.4 Å². The van der Waals surface area contributed by atoms with Crippen LogP contribution in [0.1, 0.15) is 23.7 Å². The smallest absolute Gasteiger partial charge is 0.255 e. The summed E-state index contributed by atoms with van der Waals surface area (Å²) in [5.74, 6) is -0.331. The van der Waals surface area contributed by atoms with E-state index in [1.165, 1.54) is 12.3 Å². The number of benzene rings is 1. The van der Waals surface area contributed by atoms with Crippen LogP contribution in [0.5, 0.6) is 0 Å². The molecule has 0 bridgehead atoms. The minimum Gasteiger partial charge on any atom is -0.326 e. The molecule has 0 aliphatic carbocycles. The van der Waals surface area contributed by atoms with Gasteiger partial charge in [0.25, 0.3) is 5.91 Å². The maximum Gasteiger partial charge on any atom is 0.255 e. The largest absolute Gasteiger partial charge is 0.326 e. The highest BCUT2D eigenvalue weighted by atomic mass is 35.5. The first kappa shape index (κ1) is 15.0. The SMILES string of the molecule is CCC(=O)Nc1ccc(NC(=O)c2ccnc(Cl)c2)cc1. The number of carbonyl (C=O) groups excluding carboxylic acids is 2. The van der Waals surface area contributed by atoms with Crippen LogP contribution in [0, 0.1) is 0 Å². The Morgan fingerprint density at radius 1 is 1.10 bits per heavy atom. The first-order chi connectivity index (χ1) is 10.1. The Labute approximate surface area is 127 Å². The van der Waals surface area contributed by atoms with E-state index in [-0.39, 0.29) is 17.0 Å². The van der Waals surface area contributed by atoms with E-state index in [1.54, 1.807) is 37.3 Å². The molecule has 1 aromatic carbocycles. The standard InChI is InChI=1S/C15H14ClN3O2/c1-2-14(20)18-11-3-5-12(6-4-11)19-15(21)10-7-8-17-13(16)9-10/h3-9H,2H2,1H3,(H,18,20)(H,19,21). The number of amides is 2. The van der Waals surface area contributed by atoms with Crippen molar-refractivity contribution in [2.45, 2.75) is 13.3 Å². The first-order valence-corrected chi connectivity index (χ1v) is 6.79. The molecule has 0 spiro atoms. The lowest BCUT2D eigenvalue weighted by atomic mass is 10.2. The van der Waals surface area contributed by atoms with Gasteiger partial charge < -0.3 is 10.6 Å². The summed E-state index contributed by atoms with van der Waals surface area (Å²) in [4.78, 5) is 27.1. The Morgan fingerprint density at radius 3 is 2.29 bits per heavy atom. The number of halogens is 1. The van der Waals surface area contributed by atoms with E-state index in [0.717, 1.165) is 0 Å². The van der Waals surface area contributed by atoms with Crippen LogP contribution < -0.4 is 10.6 Å². The second-order valence-electron chi connectivity index (χ2n) is 4.30. The van der Waals surface area contributed by atoms with E-state index in [2.05, 4.69) is 15.6 Å². The monoisotopic (exact) mass is 303 g/mol. The zero-order valence-electron chi connectivity index (χ0n) is 11.4. The Morgan fingerprint density at radius 2 is 1.71 bits per heavy atom. The van der Waals surface area contributed by atoms with Crippen molar-refractivity contribution < 1.29 is 9.59 Å². The van der Waals surface area contributed by atoms with Crippen molar-refractivity contribution in [1.29, 1.82) is 0 Å². The second kappa shape index (κ2) is 6.85. The third-order valence-corrected chi connectivity index (χ3v) is 2.94. The topological polar surface area (TPSA) is 71.1 Å². The van der Waals surface area contributed by atoms with E-state index in [1.807, 2.05) is 0 Å². The molecule has 6 heteroatoms. The van der Waals surface area contributed by atoms with Crippen LogP contribution in [0.15, 0.2) is 42.6 Å². The molecule has 2 N–H and O–H groups in total. The fourth-order valence-electron chi connectivity index (χ4n) is 1.63. The fraction of sp³-hybridized carbons (Fsp3) is 0.133. The highest BCUT2D eigenvalue weighted by Gasteiger charge is 2.07. The molecule has 1 heterocycles. The fourth-order valence-corrected chi connectivity index (χ4v) is 1.81. The minimum atomic E-state index is -0.273. The van der Waals surface area contributed by atoms with Crippen molar-refractivity contribution in [1.82, 2.24) is 4.98 Å². The molecule has 0 radical (unpaired) electrons. The van der Waals surface area contributed by atoms with Crippen molar-refractivity contribution in [3.05, 3.63) is 53.3 Å². The van der Waals surface area contributed by atoms with Crippen molar-refractivity contribution in [3.63, 3.8) is 0 Å². The van der Waals surface area contributed by atoms with Gasteiger partial charge in [0.2, 0.25) is 5.91 Å². The summed E-state index contributed by atoms with van der Waals surface area (Å²) in [5, 5.41) is 5.74. The summed E-state index contributed by atoms with van der Waals surface area (Å²) in [6.45, 7) is 1.78. The average molecular weight is 304 g/mol. The Kier molecular flexibility index (Phi) is 4.90. The number of anilines is 2. The molecular weight excluding hydrogens is 290 g/mol. The predicted octanol–water partition coefficient (Wildman–Crippen LogP) is 3.34. The lowest BCUT2D eigenvalue weighted by molar-refractivity contribution is -0.115. The third-order valence-electron chi connectivity index (χ3n) is 2.74. The van der Waals surface area contributed by atoms with Gasteiger partial charge in [-0.1, -0.05) is 18.5 Å². The molecule has 0 unspecified atom stereocenters.